The first-order chi connectivity index (χ1) is 7.12. The van der Waals surface area contributed by atoms with Gasteiger partial charge in [0.25, 0.3) is 0 Å². The van der Waals surface area contributed by atoms with E-state index in [0.717, 1.165) is 17.3 Å². The topological polar surface area (TPSA) is 3.24 Å². The second-order valence-electron chi connectivity index (χ2n) is 6.37. The maximum atomic E-state index is 2.50. The standard InChI is InChI=1S/C14H27N/c1-12(2)4-5-13-6-7-14(13)8-10-15(3)11-9-14/h12-13H,4-11H2,1-3H3. The van der Waals surface area contributed by atoms with Crippen LogP contribution in [0.25, 0.3) is 0 Å². The lowest BCUT2D eigenvalue weighted by atomic mass is 9.54. The van der Waals surface area contributed by atoms with Crippen LogP contribution in [0.15, 0.2) is 0 Å². The molecule has 1 heteroatoms. The number of hydrogen-bond acceptors (Lipinski definition) is 1. The van der Waals surface area contributed by atoms with Crippen molar-refractivity contribution in [3.63, 3.8) is 0 Å². The van der Waals surface area contributed by atoms with Crippen molar-refractivity contribution in [1.29, 1.82) is 0 Å². The van der Waals surface area contributed by atoms with Gasteiger partial charge in [0.05, 0.1) is 0 Å². The van der Waals surface area contributed by atoms with Gasteiger partial charge in [0, 0.05) is 0 Å². The van der Waals surface area contributed by atoms with Gasteiger partial charge in [0.2, 0.25) is 0 Å². The molecule has 2 fully saturated rings. The van der Waals surface area contributed by atoms with Crippen LogP contribution in [0.1, 0.15) is 52.4 Å². The average Bonchev–Trinajstić information content (AvgIpc) is 2.17. The van der Waals surface area contributed by atoms with Crippen molar-refractivity contribution >= 4 is 0 Å². The van der Waals surface area contributed by atoms with E-state index >= 15 is 0 Å². The molecule has 1 spiro atoms. The Bertz CT molecular complexity index is 201. The van der Waals surface area contributed by atoms with Crippen molar-refractivity contribution in [2.75, 3.05) is 20.1 Å². The summed E-state index contributed by atoms with van der Waals surface area (Å²) in [5, 5.41) is 0. The first kappa shape index (κ1) is 11.4. The smallest absolute Gasteiger partial charge is 0.00164 e. The summed E-state index contributed by atoms with van der Waals surface area (Å²) in [5.74, 6) is 1.97. The number of rotatable bonds is 3. The zero-order valence-electron chi connectivity index (χ0n) is 10.8. The largest absolute Gasteiger partial charge is 0.306 e. The van der Waals surface area contributed by atoms with Crippen LogP contribution in [0.3, 0.4) is 0 Å². The van der Waals surface area contributed by atoms with Crippen molar-refractivity contribution in [1.82, 2.24) is 4.90 Å². The normalized spacial score (nSPS) is 30.8. The van der Waals surface area contributed by atoms with E-state index in [1.807, 2.05) is 0 Å². The molecule has 1 saturated carbocycles. The lowest BCUT2D eigenvalue weighted by molar-refractivity contribution is -0.0349. The zero-order chi connectivity index (χ0) is 10.9. The molecule has 0 aromatic heterocycles. The third kappa shape index (κ3) is 2.38. The molecule has 1 unspecified atom stereocenters. The molecule has 0 N–H and O–H groups in total. The van der Waals surface area contributed by atoms with Gasteiger partial charge in [-0.25, -0.2) is 0 Å². The molecule has 1 aliphatic heterocycles. The molecule has 1 aliphatic carbocycles. The summed E-state index contributed by atoms with van der Waals surface area (Å²) in [6.07, 6.45) is 8.96. The lowest BCUT2D eigenvalue weighted by Gasteiger charge is -2.54. The lowest BCUT2D eigenvalue weighted by Crippen LogP contribution is -2.48. The average molecular weight is 209 g/mol. The van der Waals surface area contributed by atoms with Gasteiger partial charge in [0.1, 0.15) is 0 Å². The van der Waals surface area contributed by atoms with Gasteiger partial charge in [-0.1, -0.05) is 20.3 Å². The Morgan fingerprint density at radius 1 is 1.20 bits per heavy atom. The van der Waals surface area contributed by atoms with Crippen molar-refractivity contribution in [2.24, 2.45) is 17.3 Å². The summed E-state index contributed by atoms with van der Waals surface area (Å²) in [4.78, 5) is 2.50. The Hall–Kier alpha value is -0.0400. The molecular weight excluding hydrogens is 182 g/mol. The summed E-state index contributed by atoms with van der Waals surface area (Å²) in [7, 11) is 2.27. The third-order valence-electron chi connectivity index (χ3n) is 4.93. The van der Waals surface area contributed by atoms with Crippen LogP contribution in [0.5, 0.6) is 0 Å². The summed E-state index contributed by atoms with van der Waals surface area (Å²) in [5.41, 5.74) is 0.793. The van der Waals surface area contributed by atoms with E-state index in [9.17, 15) is 0 Å². The van der Waals surface area contributed by atoms with E-state index < -0.39 is 0 Å². The number of likely N-dealkylation sites (tertiary alicyclic amines) is 1. The van der Waals surface area contributed by atoms with E-state index in [1.54, 1.807) is 0 Å². The predicted octanol–water partition coefficient (Wildman–Crippen LogP) is 3.54. The first-order valence-corrected chi connectivity index (χ1v) is 6.81. The Morgan fingerprint density at radius 3 is 2.33 bits per heavy atom. The van der Waals surface area contributed by atoms with Gasteiger partial charge in [-0.05, 0) is 69.5 Å². The van der Waals surface area contributed by atoms with E-state index in [4.69, 9.17) is 0 Å². The van der Waals surface area contributed by atoms with Crippen LogP contribution < -0.4 is 0 Å². The molecule has 1 nitrogen and oxygen atoms in total. The molecule has 0 amide bonds. The summed E-state index contributed by atoms with van der Waals surface area (Å²) < 4.78 is 0. The fraction of sp³-hybridized carbons (Fsp3) is 1.00. The molecule has 88 valence electrons. The van der Waals surface area contributed by atoms with Gasteiger partial charge in [-0.2, -0.15) is 0 Å². The Labute approximate surface area is 95.2 Å². The van der Waals surface area contributed by atoms with Crippen LogP contribution in [-0.4, -0.2) is 25.0 Å². The molecular formula is C14H27N. The zero-order valence-corrected chi connectivity index (χ0v) is 10.8. The second-order valence-corrected chi connectivity index (χ2v) is 6.37. The highest BCUT2D eigenvalue weighted by atomic mass is 15.1. The summed E-state index contributed by atoms with van der Waals surface area (Å²) in [6.45, 7) is 7.41. The molecule has 1 heterocycles. The molecule has 0 aromatic carbocycles. The van der Waals surface area contributed by atoms with E-state index in [1.165, 1.54) is 51.6 Å². The van der Waals surface area contributed by atoms with Crippen molar-refractivity contribution < 1.29 is 0 Å². The summed E-state index contributed by atoms with van der Waals surface area (Å²) >= 11 is 0. The van der Waals surface area contributed by atoms with Gasteiger partial charge in [-0.15, -0.1) is 0 Å². The van der Waals surface area contributed by atoms with Crippen LogP contribution in [-0.2, 0) is 0 Å². The van der Waals surface area contributed by atoms with Gasteiger partial charge < -0.3 is 4.90 Å². The third-order valence-corrected chi connectivity index (χ3v) is 4.93. The molecule has 1 atom stereocenters. The van der Waals surface area contributed by atoms with Crippen molar-refractivity contribution in [2.45, 2.75) is 52.4 Å². The number of piperidine rings is 1. The minimum Gasteiger partial charge on any atom is -0.306 e. The Balaban J connectivity index is 1.82. The number of nitrogens with zero attached hydrogens (tertiary/aromatic N) is 1. The van der Waals surface area contributed by atoms with Crippen LogP contribution in [0.2, 0.25) is 0 Å². The van der Waals surface area contributed by atoms with Crippen LogP contribution >= 0.6 is 0 Å². The molecule has 0 aromatic rings. The second kappa shape index (κ2) is 4.45. The fourth-order valence-corrected chi connectivity index (χ4v) is 3.46. The minimum atomic E-state index is 0.793. The summed E-state index contributed by atoms with van der Waals surface area (Å²) in [6, 6.07) is 0. The Morgan fingerprint density at radius 2 is 1.87 bits per heavy atom. The van der Waals surface area contributed by atoms with Gasteiger partial charge >= 0.3 is 0 Å². The predicted molar refractivity (Wildman–Crippen MR) is 66.0 cm³/mol. The molecule has 0 bridgehead atoms. The first-order valence-electron chi connectivity index (χ1n) is 6.81. The fourth-order valence-electron chi connectivity index (χ4n) is 3.46. The Kier molecular flexibility index (Phi) is 3.39. The monoisotopic (exact) mass is 209 g/mol. The van der Waals surface area contributed by atoms with Crippen LogP contribution in [0.4, 0.5) is 0 Å². The SMILES string of the molecule is CC(C)CCC1CCC12CCN(C)CC2. The highest BCUT2D eigenvalue weighted by Crippen LogP contribution is 2.55. The maximum Gasteiger partial charge on any atom is -0.00164 e. The van der Waals surface area contributed by atoms with Gasteiger partial charge in [-0.3, -0.25) is 0 Å². The number of hydrogen-bond donors (Lipinski definition) is 0. The maximum absolute atomic E-state index is 2.50. The molecule has 15 heavy (non-hydrogen) atoms. The highest BCUT2D eigenvalue weighted by molar-refractivity contribution is 4.98. The minimum absolute atomic E-state index is 0.793. The molecule has 0 radical (unpaired) electrons. The van der Waals surface area contributed by atoms with Crippen molar-refractivity contribution in [3.8, 4) is 0 Å². The van der Waals surface area contributed by atoms with E-state index in [0.29, 0.717) is 0 Å². The van der Waals surface area contributed by atoms with E-state index in [-0.39, 0.29) is 0 Å². The van der Waals surface area contributed by atoms with Crippen LogP contribution in [0, 0.1) is 17.3 Å². The molecule has 1 saturated heterocycles. The molecule has 2 aliphatic rings. The molecule has 2 rings (SSSR count). The van der Waals surface area contributed by atoms with E-state index in [2.05, 4.69) is 25.8 Å². The van der Waals surface area contributed by atoms with Gasteiger partial charge in [0.15, 0.2) is 0 Å². The quantitative estimate of drug-likeness (QED) is 0.687. The highest BCUT2D eigenvalue weighted by Gasteiger charge is 2.46. The van der Waals surface area contributed by atoms with Crippen molar-refractivity contribution in [3.05, 3.63) is 0 Å².